The maximum Gasteiger partial charge on any atom is 0.387 e. The number of carbonyl (C=O) groups excluding carboxylic acids is 1. The summed E-state index contributed by atoms with van der Waals surface area (Å²) in [5, 5.41) is 2.52. The van der Waals surface area contributed by atoms with E-state index in [4.69, 9.17) is 0 Å². The van der Waals surface area contributed by atoms with Gasteiger partial charge in [0.05, 0.1) is 0 Å². The molecule has 0 aliphatic carbocycles. The molecule has 23 heavy (non-hydrogen) atoms. The Hall–Kier alpha value is -2.76. The predicted molar refractivity (Wildman–Crippen MR) is 80.4 cm³/mol. The number of hydrogen-bond acceptors (Lipinski definition) is 2. The lowest BCUT2D eigenvalue weighted by Crippen LogP contribution is -2.20. The van der Waals surface area contributed by atoms with Crippen molar-refractivity contribution in [2.75, 3.05) is 0 Å². The Morgan fingerprint density at radius 2 is 1.83 bits per heavy atom. The van der Waals surface area contributed by atoms with E-state index in [-0.39, 0.29) is 12.3 Å². The molecule has 120 valence electrons. The standard InChI is InChI=1S/C17H14F3NO2/c18-14-7-3-1-6-13(14)11-21-16(22)10-9-12-5-2-4-8-15(12)23-17(19)20/h1-10,17H,11H2,(H,21,22)/b10-9+. The van der Waals surface area contributed by atoms with Crippen LogP contribution in [0.1, 0.15) is 11.1 Å². The first kappa shape index (κ1) is 16.6. The van der Waals surface area contributed by atoms with Crippen molar-refractivity contribution >= 4 is 12.0 Å². The average Bonchev–Trinajstić information content (AvgIpc) is 2.53. The Morgan fingerprint density at radius 1 is 1.13 bits per heavy atom. The minimum Gasteiger partial charge on any atom is -0.434 e. The number of carbonyl (C=O) groups is 1. The van der Waals surface area contributed by atoms with E-state index in [9.17, 15) is 18.0 Å². The summed E-state index contributed by atoms with van der Waals surface area (Å²) in [7, 11) is 0. The van der Waals surface area contributed by atoms with Crippen molar-refractivity contribution in [2.24, 2.45) is 0 Å². The van der Waals surface area contributed by atoms with E-state index >= 15 is 0 Å². The van der Waals surface area contributed by atoms with Gasteiger partial charge in [0.15, 0.2) is 0 Å². The lowest BCUT2D eigenvalue weighted by Gasteiger charge is -2.07. The first-order valence-corrected chi connectivity index (χ1v) is 6.79. The number of ether oxygens (including phenoxy) is 1. The van der Waals surface area contributed by atoms with Gasteiger partial charge in [0.1, 0.15) is 11.6 Å². The molecule has 2 rings (SSSR count). The van der Waals surface area contributed by atoms with Gasteiger partial charge in [-0.15, -0.1) is 0 Å². The number of rotatable bonds is 6. The minimum absolute atomic E-state index is 0.0272. The van der Waals surface area contributed by atoms with Crippen molar-refractivity contribution in [3.8, 4) is 5.75 Å². The number of alkyl halides is 2. The fourth-order valence-electron chi connectivity index (χ4n) is 1.87. The van der Waals surface area contributed by atoms with Crippen LogP contribution in [0.5, 0.6) is 5.75 Å². The van der Waals surface area contributed by atoms with Gasteiger partial charge in [-0.05, 0) is 18.2 Å². The number of para-hydroxylation sites is 1. The molecule has 0 aromatic heterocycles. The molecule has 0 spiro atoms. The molecule has 0 heterocycles. The van der Waals surface area contributed by atoms with E-state index in [0.717, 1.165) is 0 Å². The van der Waals surface area contributed by atoms with Crippen molar-refractivity contribution in [1.29, 1.82) is 0 Å². The summed E-state index contributed by atoms with van der Waals surface area (Å²) in [5.74, 6) is -0.909. The van der Waals surface area contributed by atoms with Crippen LogP contribution in [-0.2, 0) is 11.3 Å². The largest absolute Gasteiger partial charge is 0.434 e. The van der Waals surface area contributed by atoms with Gasteiger partial charge in [-0.25, -0.2) is 4.39 Å². The number of nitrogens with one attached hydrogen (secondary N) is 1. The van der Waals surface area contributed by atoms with Gasteiger partial charge in [0.25, 0.3) is 0 Å². The summed E-state index contributed by atoms with van der Waals surface area (Å²) < 4.78 is 42.3. The van der Waals surface area contributed by atoms with Crippen LogP contribution in [-0.4, -0.2) is 12.5 Å². The maximum absolute atomic E-state index is 13.4. The quantitative estimate of drug-likeness (QED) is 0.823. The highest BCUT2D eigenvalue weighted by Crippen LogP contribution is 2.21. The molecule has 0 radical (unpaired) electrons. The van der Waals surface area contributed by atoms with Gasteiger partial charge in [0.2, 0.25) is 5.91 Å². The van der Waals surface area contributed by atoms with Gasteiger partial charge in [-0.1, -0.05) is 36.4 Å². The van der Waals surface area contributed by atoms with Crippen molar-refractivity contribution in [1.82, 2.24) is 5.32 Å². The molecule has 6 heteroatoms. The smallest absolute Gasteiger partial charge is 0.387 e. The lowest BCUT2D eigenvalue weighted by atomic mass is 10.2. The van der Waals surface area contributed by atoms with Gasteiger partial charge in [-0.2, -0.15) is 8.78 Å². The predicted octanol–water partition coefficient (Wildman–Crippen LogP) is 3.76. The monoisotopic (exact) mass is 321 g/mol. The molecule has 3 nitrogen and oxygen atoms in total. The van der Waals surface area contributed by atoms with Crippen LogP contribution in [0, 0.1) is 5.82 Å². The summed E-state index contributed by atoms with van der Waals surface area (Å²) in [4.78, 5) is 11.7. The van der Waals surface area contributed by atoms with Crippen molar-refractivity contribution in [2.45, 2.75) is 13.2 Å². The normalized spacial score (nSPS) is 11.0. The topological polar surface area (TPSA) is 38.3 Å². The lowest BCUT2D eigenvalue weighted by molar-refractivity contribution is -0.116. The Balaban J connectivity index is 1.98. The van der Waals surface area contributed by atoms with Crippen LogP contribution in [0.4, 0.5) is 13.2 Å². The van der Waals surface area contributed by atoms with Crippen LogP contribution >= 0.6 is 0 Å². The number of halogens is 3. The third-order valence-electron chi connectivity index (χ3n) is 2.96. The molecule has 0 aliphatic rings. The van der Waals surface area contributed by atoms with E-state index in [2.05, 4.69) is 10.1 Å². The van der Waals surface area contributed by atoms with Crippen LogP contribution in [0.15, 0.2) is 54.6 Å². The molecular formula is C17H14F3NO2. The molecule has 0 atom stereocenters. The maximum atomic E-state index is 13.4. The third kappa shape index (κ3) is 5.18. The van der Waals surface area contributed by atoms with E-state index in [1.54, 1.807) is 36.4 Å². The Kier molecular flexibility index (Phi) is 5.80. The fraction of sp³-hybridized carbons (Fsp3) is 0.118. The highest BCUT2D eigenvalue weighted by atomic mass is 19.3. The second kappa shape index (κ2) is 8.03. The summed E-state index contributed by atoms with van der Waals surface area (Å²) in [6.07, 6.45) is 2.53. The molecule has 2 aromatic carbocycles. The second-order valence-electron chi connectivity index (χ2n) is 4.56. The average molecular weight is 321 g/mol. The molecule has 1 N–H and O–H groups in total. The zero-order chi connectivity index (χ0) is 16.7. The van der Waals surface area contributed by atoms with Crippen LogP contribution < -0.4 is 10.1 Å². The van der Waals surface area contributed by atoms with Gasteiger partial charge >= 0.3 is 6.61 Å². The van der Waals surface area contributed by atoms with E-state index < -0.39 is 18.3 Å². The zero-order valence-electron chi connectivity index (χ0n) is 12.0. The SMILES string of the molecule is O=C(/C=C/c1ccccc1OC(F)F)NCc1ccccc1F. The summed E-state index contributed by atoms with van der Waals surface area (Å²) in [6.45, 7) is -2.91. The summed E-state index contributed by atoms with van der Waals surface area (Å²) in [6, 6.07) is 12.2. The molecule has 0 saturated carbocycles. The van der Waals surface area contributed by atoms with Crippen molar-refractivity contribution in [3.63, 3.8) is 0 Å². The molecule has 0 saturated heterocycles. The highest BCUT2D eigenvalue weighted by molar-refractivity contribution is 5.92. The van der Waals surface area contributed by atoms with Crippen molar-refractivity contribution < 1.29 is 22.7 Å². The number of amides is 1. The minimum atomic E-state index is -2.94. The molecule has 0 bridgehead atoms. The molecule has 0 aliphatic heterocycles. The third-order valence-corrected chi connectivity index (χ3v) is 2.96. The molecule has 0 unspecified atom stereocenters. The van der Waals surface area contributed by atoms with Crippen LogP contribution in [0.25, 0.3) is 6.08 Å². The Bertz CT molecular complexity index is 702. The highest BCUT2D eigenvalue weighted by Gasteiger charge is 2.07. The molecular weight excluding hydrogens is 307 g/mol. The first-order valence-electron chi connectivity index (χ1n) is 6.79. The first-order chi connectivity index (χ1) is 11.1. The summed E-state index contributed by atoms with van der Waals surface area (Å²) >= 11 is 0. The number of hydrogen-bond donors (Lipinski definition) is 1. The van der Waals surface area contributed by atoms with E-state index in [1.165, 1.54) is 24.3 Å². The van der Waals surface area contributed by atoms with Crippen LogP contribution in [0.2, 0.25) is 0 Å². The zero-order valence-corrected chi connectivity index (χ0v) is 12.0. The van der Waals surface area contributed by atoms with Crippen molar-refractivity contribution in [3.05, 3.63) is 71.6 Å². The van der Waals surface area contributed by atoms with Gasteiger partial charge in [-0.3, -0.25) is 4.79 Å². The van der Waals surface area contributed by atoms with Gasteiger partial charge in [0, 0.05) is 23.7 Å². The van der Waals surface area contributed by atoms with Crippen LogP contribution in [0.3, 0.4) is 0 Å². The van der Waals surface area contributed by atoms with Gasteiger partial charge < -0.3 is 10.1 Å². The molecule has 1 amide bonds. The number of benzene rings is 2. The molecule has 0 fully saturated rings. The van der Waals surface area contributed by atoms with E-state index in [1.807, 2.05) is 0 Å². The molecule has 2 aromatic rings. The second-order valence-corrected chi connectivity index (χ2v) is 4.56. The Morgan fingerprint density at radius 3 is 2.57 bits per heavy atom. The summed E-state index contributed by atoms with van der Waals surface area (Å²) in [5.41, 5.74) is 0.699. The van der Waals surface area contributed by atoms with E-state index in [0.29, 0.717) is 11.1 Å². The Labute approximate surface area is 131 Å². The fourth-order valence-corrected chi connectivity index (χ4v) is 1.87.